The van der Waals surface area contributed by atoms with Gasteiger partial charge in [-0.3, -0.25) is 9.48 Å². The summed E-state index contributed by atoms with van der Waals surface area (Å²) in [6.07, 6.45) is 4.69. The van der Waals surface area contributed by atoms with Crippen LogP contribution >= 0.6 is 15.9 Å². The van der Waals surface area contributed by atoms with E-state index in [2.05, 4.69) is 21.0 Å². The average molecular weight is 315 g/mol. The zero-order chi connectivity index (χ0) is 13.1. The summed E-state index contributed by atoms with van der Waals surface area (Å²) in [5, 5.41) is 4.18. The highest BCUT2D eigenvalue weighted by molar-refractivity contribution is 9.10. The normalized spacial score (nSPS) is 22.8. The molecule has 0 bridgehead atoms. The molecule has 0 atom stereocenters. The number of nitrogens with zero attached hydrogens (tertiary/aromatic N) is 2. The number of aryl methyl sites for hydroxylation is 1. The molecule has 0 amide bonds. The summed E-state index contributed by atoms with van der Waals surface area (Å²) in [7, 11) is 0. The fourth-order valence-corrected chi connectivity index (χ4v) is 2.97. The molecule has 1 aromatic heterocycles. The van der Waals surface area contributed by atoms with Gasteiger partial charge in [0.05, 0.1) is 16.8 Å². The lowest BCUT2D eigenvalue weighted by atomic mass is 9.78. The van der Waals surface area contributed by atoms with E-state index in [1.807, 2.05) is 13.8 Å². The van der Waals surface area contributed by atoms with Gasteiger partial charge in [-0.1, -0.05) is 0 Å². The first-order valence-electron chi connectivity index (χ1n) is 6.51. The van der Waals surface area contributed by atoms with Crippen molar-refractivity contribution in [3.63, 3.8) is 0 Å². The summed E-state index contributed by atoms with van der Waals surface area (Å²) in [5.41, 5.74) is 0.706. The molecule has 1 saturated carbocycles. The quantitative estimate of drug-likeness (QED) is 0.758. The minimum atomic E-state index is 0.182. The van der Waals surface area contributed by atoms with Gasteiger partial charge in [0.15, 0.2) is 5.78 Å². The molecular weight excluding hydrogens is 296 g/mol. The summed E-state index contributed by atoms with van der Waals surface area (Å²) in [6.45, 7) is 5.48. The number of Topliss-reactive ketones (excluding diaryl/α,β-unsaturated/α-hetero) is 1. The van der Waals surface area contributed by atoms with Crippen molar-refractivity contribution in [1.29, 1.82) is 0 Å². The van der Waals surface area contributed by atoms with Crippen LogP contribution in [0.1, 0.15) is 43.6 Å². The highest BCUT2D eigenvalue weighted by Crippen LogP contribution is 2.34. The molecule has 0 radical (unpaired) electrons. The Bertz CT molecular complexity index is 425. The smallest absolute Gasteiger partial charge is 0.182 e. The molecule has 0 spiro atoms. The molecular formula is C13H19BrN2O2. The first kappa shape index (κ1) is 13.7. The third-order valence-corrected chi connectivity index (χ3v) is 4.01. The Morgan fingerprint density at radius 2 is 2.28 bits per heavy atom. The Kier molecular flexibility index (Phi) is 4.56. The maximum absolute atomic E-state index is 12.2. The second kappa shape index (κ2) is 5.97. The number of rotatable bonds is 6. The highest BCUT2D eigenvalue weighted by atomic mass is 79.9. The van der Waals surface area contributed by atoms with Gasteiger partial charge in [-0.25, -0.2) is 0 Å². The van der Waals surface area contributed by atoms with Gasteiger partial charge in [0.25, 0.3) is 0 Å². The molecule has 0 unspecified atom stereocenters. The Morgan fingerprint density at radius 3 is 2.89 bits per heavy atom. The number of aromatic nitrogens is 2. The Morgan fingerprint density at radius 1 is 1.56 bits per heavy atom. The molecule has 1 aromatic rings. The van der Waals surface area contributed by atoms with Crippen molar-refractivity contribution < 1.29 is 9.53 Å². The van der Waals surface area contributed by atoms with Crippen LogP contribution in [-0.2, 0) is 11.3 Å². The molecule has 0 aliphatic heterocycles. The lowest BCUT2D eigenvalue weighted by molar-refractivity contribution is -0.0246. The zero-order valence-corrected chi connectivity index (χ0v) is 12.4. The van der Waals surface area contributed by atoms with E-state index in [1.54, 1.807) is 10.9 Å². The third-order valence-electron chi connectivity index (χ3n) is 3.43. The number of carbonyl (C=O) groups excluding carboxylic acids is 1. The lowest BCUT2D eigenvalue weighted by Gasteiger charge is -2.34. The fourth-order valence-electron chi connectivity index (χ4n) is 2.45. The summed E-state index contributed by atoms with van der Waals surface area (Å²) >= 11 is 3.40. The average Bonchev–Trinajstić information content (AvgIpc) is 2.67. The van der Waals surface area contributed by atoms with E-state index in [0.29, 0.717) is 24.1 Å². The molecule has 100 valence electrons. The van der Waals surface area contributed by atoms with Crippen molar-refractivity contribution in [2.75, 3.05) is 6.61 Å². The monoisotopic (exact) mass is 314 g/mol. The van der Waals surface area contributed by atoms with Crippen molar-refractivity contribution in [2.45, 2.75) is 45.8 Å². The second-order valence-electron chi connectivity index (χ2n) is 4.70. The van der Waals surface area contributed by atoms with E-state index in [-0.39, 0.29) is 5.78 Å². The first-order chi connectivity index (χ1) is 8.65. The number of hydrogen-bond acceptors (Lipinski definition) is 3. The van der Waals surface area contributed by atoms with Gasteiger partial charge >= 0.3 is 0 Å². The molecule has 0 saturated heterocycles. The summed E-state index contributed by atoms with van der Waals surface area (Å²) < 4.78 is 8.07. The summed E-state index contributed by atoms with van der Waals surface area (Å²) in [6, 6.07) is 0. The van der Waals surface area contributed by atoms with Crippen LogP contribution in [0.2, 0.25) is 0 Å². The van der Waals surface area contributed by atoms with E-state index in [4.69, 9.17) is 4.74 Å². The van der Waals surface area contributed by atoms with E-state index < -0.39 is 0 Å². The van der Waals surface area contributed by atoms with Crippen LogP contribution in [0.4, 0.5) is 0 Å². The highest BCUT2D eigenvalue weighted by Gasteiger charge is 2.32. The molecule has 1 aliphatic carbocycles. The Hall–Kier alpha value is -0.680. The van der Waals surface area contributed by atoms with Gasteiger partial charge in [-0.2, -0.15) is 5.10 Å². The van der Waals surface area contributed by atoms with Crippen LogP contribution in [0.5, 0.6) is 0 Å². The van der Waals surface area contributed by atoms with Gasteiger partial charge in [-0.15, -0.1) is 0 Å². The van der Waals surface area contributed by atoms with Gasteiger partial charge in [0.2, 0.25) is 0 Å². The summed E-state index contributed by atoms with van der Waals surface area (Å²) in [4.78, 5) is 12.2. The second-order valence-corrected chi connectivity index (χ2v) is 5.55. The molecule has 0 aromatic carbocycles. The number of carbonyl (C=O) groups is 1. The topological polar surface area (TPSA) is 44.1 Å². The van der Waals surface area contributed by atoms with E-state index >= 15 is 0 Å². The molecule has 2 rings (SSSR count). The van der Waals surface area contributed by atoms with Crippen molar-refractivity contribution in [2.24, 2.45) is 5.92 Å². The minimum Gasteiger partial charge on any atom is -0.378 e. The van der Waals surface area contributed by atoms with E-state index in [0.717, 1.165) is 30.5 Å². The largest absolute Gasteiger partial charge is 0.378 e. The first-order valence-corrected chi connectivity index (χ1v) is 7.31. The Balaban J connectivity index is 1.91. The molecule has 1 fully saturated rings. The molecule has 5 heteroatoms. The predicted molar refractivity (Wildman–Crippen MR) is 72.7 cm³/mol. The van der Waals surface area contributed by atoms with Crippen molar-refractivity contribution in [3.8, 4) is 0 Å². The summed E-state index contributed by atoms with van der Waals surface area (Å²) in [5.74, 6) is 0.655. The van der Waals surface area contributed by atoms with Gasteiger partial charge in [0, 0.05) is 19.6 Å². The van der Waals surface area contributed by atoms with Crippen LogP contribution in [0, 0.1) is 5.92 Å². The SMILES string of the molecule is CCOC1CC(CC(=O)c2c(Br)cnn2CC)C1. The van der Waals surface area contributed by atoms with Crippen LogP contribution in [0.3, 0.4) is 0 Å². The van der Waals surface area contributed by atoms with Crippen LogP contribution in [0.15, 0.2) is 10.7 Å². The molecule has 18 heavy (non-hydrogen) atoms. The molecule has 1 heterocycles. The van der Waals surface area contributed by atoms with Gasteiger partial charge < -0.3 is 4.74 Å². The maximum atomic E-state index is 12.2. The zero-order valence-electron chi connectivity index (χ0n) is 10.9. The number of hydrogen-bond donors (Lipinski definition) is 0. The molecule has 4 nitrogen and oxygen atoms in total. The lowest BCUT2D eigenvalue weighted by Crippen LogP contribution is -2.33. The third kappa shape index (κ3) is 2.83. The Labute approximate surface area is 116 Å². The molecule has 1 aliphatic rings. The standard InChI is InChI=1S/C13H19BrN2O2/c1-3-16-13(11(14)8-15-16)12(17)7-9-5-10(6-9)18-4-2/h8-10H,3-7H2,1-2H3. The minimum absolute atomic E-state index is 0.182. The maximum Gasteiger partial charge on any atom is 0.182 e. The van der Waals surface area contributed by atoms with Crippen molar-refractivity contribution >= 4 is 21.7 Å². The van der Waals surface area contributed by atoms with Crippen LogP contribution < -0.4 is 0 Å². The van der Waals surface area contributed by atoms with Crippen LogP contribution in [0.25, 0.3) is 0 Å². The van der Waals surface area contributed by atoms with E-state index in [9.17, 15) is 4.79 Å². The number of halogens is 1. The van der Waals surface area contributed by atoms with Gasteiger partial charge in [0.1, 0.15) is 5.69 Å². The predicted octanol–water partition coefficient (Wildman–Crippen LogP) is 3.05. The van der Waals surface area contributed by atoms with Crippen molar-refractivity contribution in [1.82, 2.24) is 9.78 Å². The van der Waals surface area contributed by atoms with E-state index in [1.165, 1.54) is 0 Å². The van der Waals surface area contributed by atoms with Crippen molar-refractivity contribution in [3.05, 3.63) is 16.4 Å². The number of ether oxygens (including phenoxy) is 1. The van der Waals surface area contributed by atoms with Crippen LogP contribution in [-0.4, -0.2) is 28.3 Å². The van der Waals surface area contributed by atoms with Gasteiger partial charge in [-0.05, 0) is 48.5 Å². The molecule has 0 N–H and O–H groups in total. The number of ketones is 1. The fraction of sp³-hybridized carbons (Fsp3) is 0.692.